The molecule has 0 saturated heterocycles. The number of hydrogen-bond donors (Lipinski definition) is 3. The molecule has 21 heavy (non-hydrogen) atoms. The van der Waals surface area contributed by atoms with Crippen LogP contribution in [0.4, 0.5) is 0 Å². The number of aliphatic hydroxyl groups excluding tert-OH is 1. The smallest absolute Gasteiger partial charge is 0.258 e. The van der Waals surface area contributed by atoms with E-state index in [1.165, 1.54) is 6.07 Å². The van der Waals surface area contributed by atoms with Crippen molar-refractivity contribution in [1.82, 2.24) is 5.32 Å². The van der Waals surface area contributed by atoms with Crippen molar-refractivity contribution in [2.24, 2.45) is 0 Å². The van der Waals surface area contributed by atoms with Crippen LogP contribution < -0.4 is 10.1 Å². The van der Waals surface area contributed by atoms with Gasteiger partial charge in [0.05, 0.1) is 6.10 Å². The van der Waals surface area contributed by atoms with E-state index in [1.54, 1.807) is 30.3 Å². The number of benzene rings is 2. The molecule has 0 aliphatic rings. The molecular weight excluding hydrogens is 270 g/mol. The molecule has 5 heteroatoms. The molecule has 2 aromatic carbocycles. The van der Waals surface area contributed by atoms with Crippen LogP contribution in [0.15, 0.2) is 54.6 Å². The van der Waals surface area contributed by atoms with Crippen molar-refractivity contribution < 1.29 is 19.7 Å². The van der Waals surface area contributed by atoms with E-state index in [9.17, 15) is 15.0 Å². The van der Waals surface area contributed by atoms with Gasteiger partial charge >= 0.3 is 0 Å². The summed E-state index contributed by atoms with van der Waals surface area (Å²) < 4.78 is 5.19. The average Bonchev–Trinajstić information content (AvgIpc) is 2.52. The molecule has 5 nitrogen and oxygen atoms in total. The maximum Gasteiger partial charge on any atom is 0.258 e. The molecular formula is C16H17NO4. The lowest BCUT2D eigenvalue weighted by atomic mass is 10.1. The molecule has 0 saturated carbocycles. The minimum atomic E-state index is -0.764. The van der Waals surface area contributed by atoms with Crippen LogP contribution in [-0.2, 0) is 4.79 Å². The molecule has 0 bridgehead atoms. The van der Waals surface area contributed by atoms with Crippen molar-refractivity contribution >= 4 is 5.91 Å². The average molecular weight is 287 g/mol. The number of hydrogen-bond acceptors (Lipinski definition) is 4. The van der Waals surface area contributed by atoms with Crippen LogP contribution in [0.3, 0.4) is 0 Å². The summed E-state index contributed by atoms with van der Waals surface area (Å²) in [5, 5.41) is 22.0. The Morgan fingerprint density at radius 1 is 1.10 bits per heavy atom. The third-order valence-electron chi connectivity index (χ3n) is 2.90. The molecule has 1 atom stereocenters. The maximum absolute atomic E-state index is 11.6. The van der Waals surface area contributed by atoms with Gasteiger partial charge in [-0.1, -0.05) is 42.5 Å². The topological polar surface area (TPSA) is 78.8 Å². The first kappa shape index (κ1) is 14.9. The molecule has 2 aromatic rings. The molecule has 0 fully saturated rings. The second kappa shape index (κ2) is 7.31. The van der Waals surface area contributed by atoms with Gasteiger partial charge in [-0.3, -0.25) is 4.79 Å². The minimum Gasteiger partial charge on any atom is -0.504 e. The van der Waals surface area contributed by atoms with Gasteiger partial charge in [-0.15, -0.1) is 0 Å². The molecule has 0 aromatic heterocycles. The number of phenols is 1. The van der Waals surface area contributed by atoms with E-state index in [0.29, 0.717) is 0 Å². The number of carbonyl (C=O) groups is 1. The van der Waals surface area contributed by atoms with E-state index in [0.717, 1.165) is 5.56 Å². The Bertz CT molecular complexity index is 586. The molecule has 0 aliphatic carbocycles. The third kappa shape index (κ3) is 4.50. The fourth-order valence-corrected chi connectivity index (χ4v) is 1.78. The van der Waals surface area contributed by atoms with Gasteiger partial charge in [0, 0.05) is 6.54 Å². The van der Waals surface area contributed by atoms with Crippen molar-refractivity contribution in [3.05, 3.63) is 60.2 Å². The van der Waals surface area contributed by atoms with Crippen molar-refractivity contribution in [1.29, 1.82) is 0 Å². The summed E-state index contributed by atoms with van der Waals surface area (Å²) in [6.45, 7) is -0.119. The number of ether oxygens (including phenoxy) is 1. The SMILES string of the molecule is O=C(COc1ccccc1O)NCC(O)c1ccccc1. The second-order valence-electron chi connectivity index (χ2n) is 4.49. The molecule has 110 valence electrons. The number of nitrogens with one attached hydrogen (secondary N) is 1. The molecule has 1 amide bonds. The Morgan fingerprint density at radius 2 is 1.76 bits per heavy atom. The highest BCUT2D eigenvalue weighted by Gasteiger charge is 2.10. The predicted molar refractivity (Wildman–Crippen MR) is 78.0 cm³/mol. The van der Waals surface area contributed by atoms with Crippen molar-refractivity contribution in [2.45, 2.75) is 6.10 Å². The Morgan fingerprint density at radius 3 is 2.48 bits per heavy atom. The highest BCUT2D eigenvalue weighted by Crippen LogP contribution is 2.23. The minimum absolute atomic E-state index is 0.0189. The zero-order valence-corrected chi connectivity index (χ0v) is 11.4. The van der Waals surface area contributed by atoms with Crippen LogP contribution in [0.1, 0.15) is 11.7 Å². The van der Waals surface area contributed by atoms with Crippen LogP contribution in [0.25, 0.3) is 0 Å². The maximum atomic E-state index is 11.6. The number of para-hydroxylation sites is 2. The largest absolute Gasteiger partial charge is 0.504 e. The summed E-state index contributed by atoms with van der Waals surface area (Å²) in [4.78, 5) is 11.6. The van der Waals surface area contributed by atoms with E-state index in [-0.39, 0.29) is 30.6 Å². The number of amides is 1. The van der Waals surface area contributed by atoms with E-state index in [2.05, 4.69) is 5.32 Å². The summed E-state index contributed by atoms with van der Waals surface area (Å²) in [5.41, 5.74) is 0.736. The van der Waals surface area contributed by atoms with E-state index in [1.807, 2.05) is 18.2 Å². The van der Waals surface area contributed by atoms with Gasteiger partial charge in [0.15, 0.2) is 18.1 Å². The van der Waals surface area contributed by atoms with Crippen LogP contribution >= 0.6 is 0 Å². The van der Waals surface area contributed by atoms with E-state index in [4.69, 9.17) is 4.74 Å². The van der Waals surface area contributed by atoms with Crippen LogP contribution in [0, 0.1) is 0 Å². The number of aliphatic hydroxyl groups is 1. The summed E-state index contributed by atoms with van der Waals surface area (Å²) in [5.74, 6) is -0.140. The molecule has 2 rings (SSSR count). The number of rotatable bonds is 6. The molecule has 0 aliphatic heterocycles. The van der Waals surface area contributed by atoms with Crippen molar-refractivity contribution in [3.63, 3.8) is 0 Å². The summed E-state index contributed by atoms with van der Waals surface area (Å²) in [7, 11) is 0. The third-order valence-corrected chi connectivity index (χ3v) is 2.90. The van der Waals surface area contributed by atoms with Gasteiger partial charge < -0.3 is 20.3 Å². The standard InChI is InChI=1S/C16H17NO4/c18-13-8-4-5-9-15(13)21-11-16(20)17-10-14(19)12-6-2-1-3-7-12/h1-9,14,18-19H,10-11H2,(H,17,20). The first-order valence-electron chi connectivity index (χ1n) is 6.57. The first-order chi connectivity index (χ1) is 10.2. The van der Waals surface area contributed by atoms with Gasteiger partial charge in [-0.25, -0.2) is 0 Å². The number of carbonyl (C=O) groups excluding carboxylic acids is 1. The molecule has 3 N–H and O–H groups in total. The molecule has 0 radical (unpaired) electrons. The van der Waals surface area contributed by atoms with E-state index >= 15 is 0 Å². The summed E-state index contributed by atoms with van der Waals surface area (Å²) in [6, 6.07) is 15.5. The fraction of sp³-hybridized carbons (Fsp3) is 0.188. The van der Waals surface area contributed by atoms with Gasteiger partial charge in [-0.05, 0) is 17.7 Å². The quantitative estimate of drug-likeness (QED) is 0.754. The fourth-order valence-electron chi connectivity index (χ4n) is 1.78. The lowest BCUT2D eigenvalue weighted by molar-refractivity contribution is -0.123. The van der Waals surface area contributed by atoms with Crippen LogP contribution in [0.2, 0.25) is 0 Å². The Kier molecular flexibility index (Phi) is 5.17. The van der Waals surface area contributed by atoms with Crippen LogP contribution in [-0.4, -0.2) is 29.3 Å². The van der Waals surface area contributed by atoms with Crippen LogP contribution in [0.5, 0.6) is 11.5 Å². The first-order valence-corrected chi connectivity index (χ1v) is 6.57. The Labute approximate surface area is 122 Å². The Hall–Kier alpha value is -2.53. The normalized spacial score (nSPS) is 11.7. The number of aromatic hydroxyl groups is 1. The monoisotopic (exact) mass is 287 g/mol. The van der Waals surface area contributed by atoms with Gasteiger partial charge in [-0.2, -0.15) is 0 Å². The Balaban J connectivity index is 1.76. The van der Waals surface area contributed by atoms with Gasteiger partial charge in [0.2, 0.25) is 0 Å². The lowest BCUT2D eigenvalue weighted by Crippen LogP contribution is -2.32. The molecule has 1 unspecified atom stereocenters. The van der Waals surface area contributed by atoms with Crippen molar-refractivity contribution in [3.8, 4) is 11.5 Å². The predicted octanol–water partition coefficient (Wildman–Crippen LogP) is 1.62. The lowest BCUT2D eigenvalue weighted by Gasteiger charge is -2.12. The summed E-state index contributed by atoms with van der Waals surface area (Å²) in [6.07, 6.45) is -0.764. The van der Waals surface area contributed by atoms with E-state index < -0.39 is 6.10 Å². The number of phenolic OH excluding ortho intramolecular Hbond substituents is 1. The highest BCUT2D eigenvalue weighted by atomic mass is 16.5. The zero-order valence-electron chi connectivity index (χ0n) is 11.4. The summed E-state index contributed by atoms with van der Waals surface area (Å²) >= 11 is 0. The molecule has 0 spiro atoms. The van der Waals surface area contributed by atoms with Crippen molar-refractivity contribution in [2.75, 3.05) is 13.2 Å². The second-order valence-corrected chi connectivity index (χ2v) is 4.49. The van der Waals surface area contributed by atoms with Gasteiger partial charge in [0.25, 0.3) is 5.91 Å². The molecule has 0 heterocycles. The highest BCUT2D eigenvalue weighted by molar-refractivity contribution is 5.77. The zero-order chi connectivity index (χ0) is 15.1. The van der Waals surface area contributed by atoms with Gasteiger partial charge in [0.1, 0.15) is 0 Å².